The molecule has 2 aromatic heterocycles. The number of nitrogens with two attached hydrogens (primary N) is 1. The van der Waals surface area contributed by atoms with E-state index in [0.29, 0.717) is 25.1 Å². The van der Waals surface area contributed by atoms with Crippen LogP contribution in [0.2, 0.25) is 0 Å². The summed E-state index contributed by atoms with van der Waals surface area (Å²) < 4.78 is 18.0. The van der Waals surface area contributed by atoms with Crippen molar-refractivity contribution in [2.75, 3.05) is 19.0 Å². The standard InChI is InChI=1S/C24H25FN4OS/c1-30-15-22-23(19-6-7-20-13-27-9-8-18(20)11-19)31-24(29-22)28-14-21(26)10-16-2-4-17(12-25)5-3-16/h2-9,11,13,21H,10,12,14-15,26H2,1H3,(H,28,29)/t21-/m0/s1. The molecule has 0 aliphatic carbocycles. The van der Waals surface area contributed by atoms with Crippen molar-refractivity contribution in [2.24, 2.45) is 5.73 Å². The van der Waals surface area contributed by atoms with E-state index in [1.807, 2.05) is 24.4 Å². The monoisotopic (exact) mass is 436 g/mol. The number of ether oxygens (including phenoxy) is 1. The minimum absolute atomic E-state index is 0.0809. The fraction of sp³-hybridized carbons (Fsp3) is 0.250. The topological polar surface area (TPSA) is 73.1 Å². The molecule has 7 heteroatoms. The number of nitrogens with one attached hydrogen (secondary N) is 1. The molecule has 0 fully saturated rings. The zero-order valence-electron chi connectivity index (χ0n) is 17.3. The molecule has 0 aliphatic rings. The maximum atomic E-state index is 12.7. The highest BCUT2D eigenvalue weighted by Gasteiger charge is 2.14. The third kappa shape index (κ3) is 5.25. The van der Waals surface area contributed by atoms with Crippen molar-refractivity contribution >= 4 is 27.2 Å². The first-order valence-electron chi connectivity index (χ1n) is 10.1. The highest BCUT2D eigenvalue weighted by molar-refractivity contribution is 7.19. The van der Waals surface area contributed by atoms with Crippen LogP contribution in [-0.4, -0.2) is 29.7 Å². The van der Waals surface area contributed by atoms with Gasteiger partial charge in [-0.05, 0) is 40.6 Å². The summed E-state index contributed by atoms with van der Waals surface area (Å²) in [5.74, 6) is 0. The van der Waals surface area contributed by atoms with E-state index in [2.05, 4.69) is 28.5 Å². The molecule has 0 saturated heterocycles. The molecule has 0 bridgehead atoms. The molecule has 5 nitrogen and oxygen atoms in total. The summed E-state index contributed by atoms with van der Waals surface area (Å²) in [5, 5.41) is 6.43. The van der Waals surface area contributed by atoms with Gasteiger partial charge in [-0.25, -0.2) is 9.37 Å². The minimum Gasteiger partial charge on any atom is -0.378 e. The quantitative estimate of drug-likeness (QED) is 0.388. The summed E-state index contributed by atoms with van der Waals surface area (Å²) in [6, 6.07) is 15.7. The molecule has 0 unspecified atom stereocenters. The number of hydrogen-bond acceptors (Lipinski definition) is 6. The summed E-state index contributed by atoms with van der Waals surface area (Å²) in [6.07, 6.45) is 4.37. The first-order chi connectivity index (χ1) is 15.2. The number of benzene rings is 2. The molecule has 0 aliphatic heterocycles. The van der Waals surface area contributed by atoms with Crippen molar-refractivity contribution in [2.45, 2.75) is 25.7 Å². The van der Waals surface area contributed by atoms with E-state index in [-0.39, 0.29) is 6.04 Å². The smallest absolute Gasteiger partial charge is 0.183 e. The van der Waals surface area contributed by atoms with Gasteiger partial charge in [0.2, 0.25) is 0 Å². The van der Waals surface area contributed by atoms with E-state index in [1.165, 1.54) is 0 Å². The van der Waals surface area contributed by atoms with Gasteiger partial charge < -0.3 is 15.8 Å². The summed E-state index contributed by atoms with van der Waals surface area (Å²) in [4.78, 5) is 9.99. The SMILES string of the molecule is COCc1nc(NC[C@@H](N)Cc2ccc(CF)cc2)sc1-c1ccc2cnccc2c1. The molecule has 1 atom stereocenters. The molecule has 3 N–H and O–H groups in total. The van der Waals surface area contributed by atoms with Gasteiger partial charge in [-0.1, -0.05) is 47.7 Å². The second-order valence-corrected chi connectivity index (χ2v) is 8.46. The number of pyridine rings is 1. The van der Waals surface area contributed by atoms with E-state index >= 15 is 0 Å². The van der Waals surface area contributed by atoms with Gasteiger partial charge in [0, 0.05) is 37.5 Å². The van der Waals surface area contributed by atoms with Gasteiger partial charge in [-0.15, -0.1) is 0 Å². The molecule has 0 spiro atoms. The molecular weight excluding hydrogens is 411 g/mol. The first kappa shape index (κ1) is 21.4. The zero-order chi connectivity index (χ0) is 21.6. The van der Waals surface area contributed by atoms with Gasteiger partial charge in [0.05, 0.1) is 17.2 Å². The normalized spacial score (nSPS) is 12.2. The molecule has 2 aromatic carbocycles. The predicted molar refractivity (Wildman–Crippen MR) is 125 cm³/mol. The Labute approximate surface area is 185 Å². The second-order valence-electron chi connectivity index (χ2n) is 7.46. The average Bonchev–Trinajstić information content (AvgIpc) is 3.21. The van der Waals surface area contributed by atoms with E-state index in [0.717, 1.165) is 37.6 Å². The number of anilines is 1. The van der Waals surface area contributed by atoms with Crippen molar-refractivity contribution in [1.29, 1.82) is 0 Å². The van der Waals surface area contributed by atoms with Gasteiger partial charge in [0.15, 0.2) is 5.13 Å². The number of fused-ring (bicyclic) bond motifs is 1. The van der Waals surface area contributed by atoms with Crippen LogP contribution in [0.25, 0.3) is 21.2 Å². The summed E-state index contributed by atoms with van der Waals surface area (Å²) in [5.41, 5.74) is 10.1. The maximum absolute atomic E-state index is 12.7. The lowest BCUT2D eigenvalue weighted by Crippen LogP contribution is -2.31. The van der Waals surface area contributed by atoms with Crippen LogP contribution >= 0.6 is 11.3 Å². The van der Waals surface area contributed by atoms with Crippen LogP contribution < -0.4 is 11.1 Å². The van der Waals surface area contributed by atoms with Gasteiger partial charge in [0.25, 0.3) is 0 Å². The lowest BCUT2D eigenvalue weighted by Gasteiger charge is -2.12. The van der Waals surface area contributed by atoms with Crippen molar-refractivity contribution < 1.29 is 9.13 Å². The number of halogens is 1. The Morgan fingerprint density at radius 2 is 1.90 bits per heavy atom. The zero-order valence-corrected chi connectivity index (χ0v) is 18.2. The van der Waals surface area contributed by atoms with Crippen LogP contribution in [0.4, 0.5) is 9.52 Å². The molecule has 160 valence electrons. The molecule has 2 heterocycles. The lowest BCUT2D eigenvalue weighted by atomic mass is 10.1. The molecule has 4 aromatic rings. The molecule has 0 radical (unpaired) electrons. The Hall–Kier alpha value is -2.87. The molecule has 0 amide bonds. The summed E-state index contributed by atoms with van der Waals surface area (Å²) >= 11 is 1.60. The highest BCUT2D eigenvalue weighted by atomic mass is 32.1. The van der Waals surface area contributed by atoms with Gasteiger partial charge in [-0.3, -0.25) is 4.98 Å². The van der Waals surface area contributed by atoms with E-state index in [1.54, 1.807) is 36.8 Å². The predicted octanol–water partition coefficient (Wildman–Crippen LogP) is 4.96. The van der Waals surface area contributed by atoms with Crippen molar-refractivity contribution in [3.8, 4) is 10.4 Å². The van der Waals surface area contributed by atoms with Crippen LogP contribution in [0.5, 0.6) is 0 Å². The molecule has 0 saturated carbocycles. The second kappa shape index (κ2) is 9.96. The summed E-state index contributed by atoms with van der Waals surface area (Å²) in [6.45, 7) is 0.584. The Balaban J connectivity index is 1.47. The number of aromatic nitrogens is 2. The van der Waals surface area contributed by atoms with Crippen LogP contribution in [-0.2, 0) is 24.4 Å². The van der Waals surface area contributed by atoms with Gasteiger partial charge in [0.1, 0.15) is 6.67 Å². The minimum atomic E-state index is -0.446. The largest absolute Gasteiger partial charge is 0.378 e. The molecule has 31 heavy (non-hydrogen) atoms. The van der Waals surface area contributed by atoms with Crippen LogP contribution in [0.15, 0.2) is 60.9 Å². The number of alkyl halides is 1. The lowest BCUT2D eigenvalue weighted by molar-refractivity contribution is 0.182. The number of thiazole rings is 1. The number of hydrogen-bond donors (Lipinski definition) is 2. The summed E-state index contributed by atoms with van der Waals surface area (Å²) in [7, 11) is 1.67. The van der Waals surface area contributed by atoms with Crippen molar-refractivity contribution in [1.82, 2.24) is 9.97 Å². The third-order valence-electron chi connectivity index (χ3n) is 5.07. The van der Waals surface area contributed by atoms with E-state index in [4.69, 9.17) is 15.5 Å². The molecule has 4 rings (SSSR count). The fourth-order valence-electron chi connectivity index (χ4n) is 3.47. The van der Waals surface area contributed by atoms with Gasteiger partial charge >= 0.3 is 0 Å². The number of rotatable bonds is 9. The van der Waals surface area contributed by atoms with Crippen LogP contribution in [0.3, 0.4) is 0 Å². The van der Waals surface area contributed by atoms with Crippen molar-refractivity contribution in [3.63, 3.8) is 0 Å². The number of nitrogens with zero attached hydrogens (tertiary/aromatic N) is 2. The Kier molecular flexibility index (Phi) is 6.86. The molecular formula is C24H25FN4OS. The highest BCUT2D eigenvalue weighted by Crippen LogP contribution is 2.35. The van der Waals surface area contributed by atoms with Crippen molar-refractivity contribution in [3.05, 3.63) is 77.7 Å². The fourth-order valence-corrected chi connectivity index (χ4v) is 4.44. The Morgan fingerprint density at radius 3 is 2.68 bits per heavy atom. The number of methoxy groups -OCH3 is 1. The average molecular weight is 437 g/mol. The Morgan fingerprint density at radius 1 is 1.10 bits per heavy atom. The first-order valence-corrected chi connectivity index (χ1v) is 10.9. The van der Waals surface area contributed by atoms with E-state index < -0.39 is 6.67 Å². The van der Waals surface area contributed by atoms with Crippen LogP contribution in [0, 0.1) is 0 Å². The third-order valence-corrected chi connectivity index (χ3v) is 6.18. The van der Waals surface area contributed by atoms with Gasteiger partial charge in [-0.2, -0.15) is 0 Å². The maximum Gasteiger partial charge on any atom is 0.183 e. The van der Waals surface area contributed by atoms with Crippen LogP contribution in [0.1, 0.15) is 16.8 Å². The van der Waals surface area contributed by atoms with E-state index in [9.17, 15) is 4.39 Å². The Bertz CT molecular complexity index is 1150.